The van der Waals surface area contributed by atoms with Crippen LogP contribution in [0.15, 0.2) is 48.8 Å². The van der Waals surface area contributed by atoms with E-state index in [1.165, 1.54) is 6.92 Å². The Morgan fingerprint density at radius 3 is 2.15 bits per heavy atom. The fraction of sp³-hybridized carbons (Fsp3) is 0.0714. The number of carbonyl (C=O) groups is 1. The Kier molecular flexibility index (Phi) is 4.62. The summed E-state index contributed by atoms with van der Waals surface area (Å²) >= 11 is 5.20. The van der Waals surface area contributed by atoms with E-state index in [-0.39, 0.29) is 5.91 Å². The van der Waals surface area contributed by atoms with E-state index in [0.717, 1.165) is 17.1 Å². The zero-order valence-electron chi connectivity index (χ0n) is 10.9. The zero-order chi connectivity index (χ0) is 14.4. The van der Waals surface area contributed by atoms with Gasteiger partial charge in [0.2, 0.25) is 5.91 Å². The highest BCUT2D eigenvalue weighted by Gasteiger charge is 2.00. The van der Waals surface area contributed by atoms with E-state index in [4.69, 9.17) is 12.2 Å². The largest absolute Gasteiger partial charge is 0.332 e. The molecule has 1 aromatic carbocycles. The molecule has 0 fully saturated rings. The molecule has 2 rings (SSSR count). The van der Waals surface area contributed by atoms with E-state index in [9.17, 15) is 4.79 Å². The van der Waals surface area contributed by atoms with Gasteiger partial charge in [0.05, 0.1) is 11.9 Å². The lowest BCUT2D eigenvalue weighted by atomic mass is 10.3. The van der Waals surface area contributed by atoms with Gasteiger partial charge in [0.15, 0.2) is 5.11 Å². The lowest BCUT2D eigenvalue weighted by Crippen LogP contribution is -2.19. The van der Waals surface area contributed by atoms with E-state index in [1.54, 1.807) is 24.5 Å². The Balaban J connectivity index is 1.93. The second-order valence-corrected chi connectivity index (χ2v) is 4.49. The Morgan fingerprint density at radius 1 is 1.00 bits per heavy atom. The van der Waals surface area contributed by atoms with Crippen molar-refractivity contribution in [1.29, 1.82) is 0 Å². The van der Waals surface area contributed by atoms with Crippen LogP contribution in [0.4, 0.5) is 17.1 Å². The van der Waals surface area contributed by atoms with Crippen LogP contribution in [-0.2, 0) is 4.79 Å². The van der Waals surface area contributed by atoms with Gasteiger partial charge in [-0.25, -0.2) is 0 Å². The second-order valence-electron chi connectivity index (χ2n) is 4.08. The van der Waals surface area contributed by atoms with E-state index in [0.29, 0.717) is 5.11 Å². The maximum Gasteiger partial charge on any atom is 0.221 e. The standard InChI is InChI=1S/C14H14N4OS/c1-10(19)16-11-4-6-12(7-5-11)17-14(20)18-13-3-2-8-15-9-13/h2-9H,1H3,(H,16,19)(H2,17,18,20). The molecule has 1 aromatic heterocycles. The van der Waals surface area contributed by atoms with Gasteiger partial charge >= 0.3 is 0 Å². The number of nitrogens with one attached hydrogen (secondary N) is 3. The Labute approximate surface area is 122 Å². The molecular formula is C14H14N4OS. The van der Waals surface area contributed by atoms with Gasteiger partial charge in [-0.15, -0.1) is 0 Å². The fourth-order valence-electron chi connectivity index (χ4n) is 1.57. The minimum absolute atomic E-state index is 0.0977. The Morgan fingerprint density at radius 2 is 1.60 bits per heavy atom. The number of hydrogen-bond acceptors (Lipinski definition) is 3. The number of anilines is 3. The molecule has 3 N–H and O–H groups in total. The SMILES string of the molecule is CC(=O)Nc1ccc(NC(=S)Nc2cccnc2)cc1. The van der Waals surface area contributed by atoms with Crippen molar-refractivity contribution >= 4 is 40.3 Å². The van der Waals surface area contributed by atoms with Crippen LogP contribution >= 0.6 is 12.2 Å². The van der Waals surface area contributed by atoms with Gasteiger partial charge in [0.1, 0.15) is 0 Å². The molecule has 2 aromatic rings. The Bertz CT molecular complexity index is 598. The highest BCUT2D eigenvalue weighted by molar-refractivity contribution is 7.80. The summed E-state index contributed by atoms with van der Waals surface area (Å²) in [4.78, 5) is 14.9. The van der Waals surface area contributed by atoms with Crippen LogP contribution in [0.5, 0.6) is 0 Å². The number of benzene rings is 1. The number of amides is 1. The van der Waals surface area contributed by atoms with Crippen LogP contribution in [0, 0.1) is 0 Å². The van der Waals surface area contributed by atoms with Crippen molar-refractivity contribution in [2.45, 2.75) is 6.92 Å². The molecule has 5 nitrogen and oxygen atoms in total. The molecule has 6 heteroatoms. The lowest BCUT2D eigenvalue weighted by Gasteiger charge is -2.10. The average Bonchev–Trinajstić information content (AvgIpc) is 2.41. The number of rotatable bonds is 3. The molecular weight excluding hydrogens is 272 g/mol. The van der Waals surface area contributed by atoms with Crippen LogP contribution in [0.1, 0.15) is 6.92 Å². The average molecular weight is 286 g/mol. The first-order chi connectivity index (χ1) is 9.63. The number of aromatic nitrogens is 1. The van der Waals surface area contributed by atoms with Crippen LogP contribution in [0.3, 0.4) is 0 Å². The van der Waals surface area contributed by atoms with Crippen molar-refractivity contribution in [2.75, 3.05) is 16.0 Å². The number of hydrogen-bond donors (Lipinski definition) is 3. The maximum absolute atomic E-state index is 10.9. The molecule has 0 radical (unpaired) electrons. The molecule has 0 spiro atoms. The third-order valence-electron chi connectivity index (χ3n) is 2.38. The van der Waals surface area contributed by atoms with Gasteiger partial charge < -0.3 is 16.0 Å². The molecule has 0 aliphatic rings. The van der Waals surface area contributed by atoms with E-state index < -0.39 is 0 Å². The summed E-state index contributed by atoms with van der Waals surface area (Å²) in [5, 5.41) is 9.25. The molecule has 0 aliphatic carbocycles. The molecule has 0 atom stereocenters. The van der Waals surface area contributed by atoms with Gasteiger partial charge in [0, 0.05) is 24.5 Å². The molecule has 1 amide bonds. The first kappa shape index (κ1) is 14.0. The molecule has 1 heterocycles. The van der Waals surface area contributed by atoms with Gasteiger partial charge in [-0.1, -0.05) is 0 Å². The van der Waals surface area contributed by atoms with Crippen molar-refractivity contribution in [2.24, 2.45) is 0 Å². The molecule has 20 heavy (non-hydrogen) atoms. The highest BCUT2D eigenvalue weighted by Crippen LogP contribution is 2.14. The van der Waals surface area contributed by atoms with Crippen LogP contribution in [-0.4, -0.2) is 16.0 Å². The quantitative estimate of drug-likeness (QED) is 0.757. The molecule has 0 aliphatic heterocycles. The summed E-state index contributed by atoms with van der Waals surface area (Å²) in [7, 11) is 0. The summed E-state index contributed by atoms with van der Waals surface area (Å²) in [5.74, 6) is -0.0977. The number of carbonyl (C=O) groups excluding carboxylic acids is 1. The number of thiocarbonyl (C=S) groups is 1. The van der Waals surface area contributed by atoms with Gasteiger partial charge in [-0.3, -0.25) is 9.78 Å². The van der Waals surface area contributed by atoms with Gasteiger partial charge in [0.25, 0.3) is 0 Å². The lowest BCUT2D eigenvalue weighted by molar-refractivity contribution is -0.114. The summed E-state index contributed by atoms with van der Waals surface area (Å²) in [6, 6.07) is 11.0. The van der Waals surface area contributed by atoms with Crippen LogP contribution in [0.2, 0.25) is 0 Å². The van der Waals surface area contributed by atoms with Crippen molar-refractivity contribution < 1.29 is 4.79 Å². The smallest absolute Gasteiger partial charge is 0.221 e. The summed E-state index contributed by atoms with van der Waals surface area (Å²) in [6.45, 7) is 1.47. The maximum atomic E-state index is 10.9. The summed E-state index contributed by atoms with van der Waals surface area (Å²) in [5.41, 5.74) is 2.40. The molecule has 0 bridgehead atoms. The third-order valence-corrected chi connectivity index (χ3v) is 2.59. The monoisotopic (exact) mass is 286 g/mol. The van der Waals surface area contributed by atoms with E-state index in [1.807, 2.05) is 24.3 Å². The molecule has 0 saturated heterocycles. The van der Waals surface area contributed by atoms with Crippen molar-refractivity contribution in [3.05, 3.63) is 48.8 Å². The highest BCUT2D eigenvalue weighted by atomic mass is 32.1. The molecule has 0 unspecified atom stereocenters. The van der Waals surface area contributed by atoms with Crippen LogP contribution in [0.25, 0.3) is 0 Å². The van der Waals surface area contributed by atoms with E-state index >= 15 is 0 Å². The predicted molar refractivity (Wildman–Crippen MR) is 84.8 cm³/mol. The van der Waals surface area contributed by atoms with Crippen LogP contribution < -0.4 is 16.0 Å². The molecule has 102 valence electrons. The normalized spacial score (nSPS) is 9.65. The second kappa shape index (κ2) is 6.63. The minimum Gasteiger partial charge on any atom is -0.332 e. The summed E-state index contributed by atoms with van der Waals surface area (Å²) < 4.78 is 0. The third kappa shape index (κ3) is 4.33. The predicted octanol–water partition coefficient (Wildman–Crippen LogP) is 2.85. The van der Waals surface area contributed by atoms with Gasteiger partial charge in [-0.2, -0.15) is 0 Å². The number of nitrogens with zero attached hydrogens (tertiary/aromatic N) is 1. The van der Waals surface area contributed by atoms with Gasteiger partial charge in [-0.05, 0) is 48.6 Å². The van der Waals surface area contributed by atoms with Crippen molar-refractivity contribution in [3.63, 3.8) is 0 Å². The van der Waals surface area contributed by atoms with Crippen molar-refractivity contribution in [1.82, 2.24) is 4.98 Å². The Hall–Kier alpha value is -2.47. The first-order valence-corrected chi connectivity index (χ1v) is 6.40. The fourth-order valence-corrected chi connectivity index (χ4v) is 1.81. The topological polar surface area (TPSA) is 66.1 Å². The van der Waals surface area contributed by atoms with Crippen molar-refractivity contribution in [3.8, 4) is 0 Å². The number of pyridine rings is 1. The summed E-state index contributed by atoms with van der Waals surface area (Å²) in [6.07, 6.45) is 3.39. The first-order valence-electron chi connectivity index (χ1n) is 5.99. The minimum atomic E-state index is -0.0977. The van der Waals surface area contributed by atoms with E-state index in [2.05, 4.69) is 20.9 Å². The molecule has 0 saturated carbocycles. The zero-order valence-corrected chi connectivity index (χ0v) is 11.7.